The topological polar surface area (TPSA) is 93.7 Å². The molecule has 0 radical (unpaired) electrons. The largest absolute Gasteiger partial charge is 0.493 e. The summed E-state index contributed by atoms with van der Waals surface area (Å²) in [6.45, 7) is 1.87. The molecule has 0 heterocycles. The van der Waals surface area contributed by atoms with Crippen molar-refractivity contribution < 1.29 is 22.7 Å². The van der Waals surface area contributed by atoms with Crippen molar-refractivity contribution in [2.75, 3.05) is 26.1 Å². The molecule has 2 rings (SSSR count). The van der Waals surface area contributed by atoms with Gasteiger partial charge in [0, 0.05) is 24.7 Å². The van der Waals surface area contributed by atoms with Crippen molar-refractivity contribution in [1.29, 1.82) is 0 Å². The SMILES string of the molecule is COc1ccc(NC(=O)CCNS(=O)(=O)c2ccc(C)cc2)cc1OC. The summed E-state index contributed by atoms with van der Waals surface area (Å²) in [4.78, 5) is 12.2. The van der Waals surface area contributed by atoms with Crippen LogP contribution in [0.2, 0.25) is 0 Å². The molecular formula is C18H22N2O5S. The molecule has 26 heavy (non-hydrogen) atoms. The average Bonchev–Trinajstić information content (AvgIpc) is 2.61. The molecule has 0 aliphatic carbocycles. The third kappa shape index (κ3) is 5.21. The molecule has 0 saturated heterocycles. The Morgan fingerprint density at radius 3 is 2.27 bits per heavy atom. The highest BCUT2D eigenvalue weighted by Gasteiger charge is 2.14. The molecule has 0 aromatic heterocycles. The van der Waals surface area contributed by atoms with Gasteiger partial charge < -0.3 is 14.8 Å². The van der Waals surface area contributed by atoms with Crippen LogP contribution in [0.3, 0.4) is 0 Å². The van der Waals surface area contributed by atoms with Crippen LogP contribution in [0.15, 0.2) is 47.4 Å². The summed E-state index contributed by atoms with van der Waals surface area (Å²) in [5, 5.41) is 2.69. The number of methoxy groups -OCH3 is 2. The molecule has 2 N–H and O–H groups in total. The number of nitrogens with one attached hydrogen (secondary N) is 2. The van der Waals surface area contributed by atoms with Crippen molar-refractivity contribution >= 4 is 21.6 Å². The summed E-state index contributed by atoms with van der Waals surface area (Å²) < 4.78 is 37.1. The number of anilines is 1. The number of ether oxygens (including phenoxy) is 2. The van der Waals surface area contributed by atoms with Gasteiger partial charge in [0.2, 0.25) is 15.9 Å². The summed E-state index contributed by atoms with van der Waals surface area (Å²) in [6.07, 6.45) is -0.000559. The first-order valence-corrected chi connectivity index (χ1v) is 9.42. The highest BCUT2D eigenvalue weighted by molar-refractivity contribution is 7.89. The van der Waals surface area contributed by atoms with E-state index in [1.807, 2.05) is 6.92 Å². The van der Waals surface area contributed by atoms with E-state index in [-0.39, 0.29) is 23.8 Å². The van der Waals surface area contributed by atoms with Crippen LogP contribution < -0.4 is 19.5 Å². The monoisotopic (exact) mass is 378 g/mol. The summed E-state index contributed by atoms with van der Waals surface area (Å²) in [6, 6.07) is 11.5. The lowest BCUT2D eigenvalue weighted by atomic mass is 10.2. The molecule has 0 atom stereocenters. The second-order valence-electron chi connectivity index (χ2n) is 5.58. The lowest BCUT2D eigenvalue weighted by molar-refractivity contribution is -0.116. The molecule has 2 aromatic carbocycles. The second-order valence-corrected chi connectivity index (χ2v) is 7.35. The van der Waals surface area contributed by atoms with Gasteiger partial charge >= 0.3 is 0 Å². The predicted molar refractivity (Wildman–Crippen MR) is 99.2 cm³/mol. The van der Waals surface area contributed by atoms with Gasteiger partial charge in [0.05, 0.1) is 19.1 Å². The van der Waals surface area contributed by atoms with Gasteiger partial charge in [0.1, 0.15) is 0 Å². The van der Waals surface area contributed by atoms with Crippen molar-refractivity contribution in [2.24, 2.45) is 0 Å². The smallest absolute Gasteiger partial charge is 0.240 e. The van der Waals surface area contributed by atoms with Crippen LogP contribution in [-0.4, -0.2) is 35.1 Å². The van der Waals surface area contributed by atoms with Crippen LogP contribution in [0.25, 0.3) is 0 Å². The van der Waals surface area contributed by atoms with Crippen LogP contribution in [0.5, 0.6) is 11.5 Å². The van der Waals surface area contributed by atoms with E-state index in [2.05, 4.69) is 10.0 Å². The van der Waals surface area contributed by atoms with Gasteiger partial charge in [-0.15, -0.1) is 0 Å². The maximum atomic E-state index is 12.2. The number of carbonyl (C=O) groups is 1. The molecule has 0 saturated carbocycles. The zero-order chi connectivity index (χ0) is 19.2. The van der Waals surface area contributed by atoms with Crippen molar-refractivity contribution in [1.82, 2.24) is 4.72 Å². The molecule has 0 spiro atoms. The summed E-state index contributed by atoms with van der Waals surface area (Å²) in [5.41, 5.74) is 1.51. The van der Waals surface area contributed by atoms with E-state index in [1.54, 1.807) is 30.3 Å². The van der Waals surface area contributed by atoms with Crippen LogP contribution in [-0.2, 0) is 14.8 Å². The summed E-state index contributed by atoms with van der Waals surface area (Å²) in [5.74, 6) is 0.727. The molecule has 0 fully saturated rings. The van der Waals surface area contributed by atoms with Crippen LogP contribution in [0.4, 0.5) is 5.69 Å². The fourth-order valence-corrected chi connectivity index (χ4v) is 3.27. The summed E-state index contributed by atoms with van der Waals surface area (Å²) >= 11 is 0. The van der Waals surface area contributed by atoms with E-state index < -0.39 is 10.0 Å². The van der Waals surface area contributed by atoms with Gasteiger partial charge in [0.25, 0.3) is 0 Å². The molecule has 0 aliphatic heterocycles. The number of aryl methyl sites for hydroxylation is 1. The third-order valence-electron chi connectivity index (χ3n) is 3.64. The average molecular weight is 378 g/mol. The van der Waals surface area contributed by atoms with Crippen LogP contribution >= 0.6 is 0 Å². The molecule has 8 heteroatoms. The second kappa shape index (κ2) is 8.68. The summed E-state index contributed by atoms with van der Waals surface area (Å²) in [7, 11) is -0.604. The lowest BCUT2D eigenvalue weighted by Gasteiger charge is -2.11. The van der Waals surface area contributed by atoms with Crippen molar-refractivity contribution in [3.8, 4) is 11.5 Å². The van der Waals surface area contributed by atoms with Gasteiger partial charge in [0.15, 0.2) is 11.5 Å². The number of hydrogen-bond acceptors (Lipinski definition) is 5. The minimum atomic E-state index is -3.63. The maximum absolute atomic E-state index is 12.2. The Morgan fingerprint density at radius 1 is 1.00 bits per heavy atom. The number of amides is 1. The molecule has 7 nitrogen and oxygen atoms in total. The van der Waals surface area contributed by atoms with E-state index in [4.69, 9.17) is 9.47 Å². The Labute approximate surface area is 153 Å². The van der Waals surface area contributed by atoms with Gasteiger partial charge in [-0.3, -0.25) is 4.79 Å². The van der Waals surface area contributed by atoms with Gasteiger partial charge in [-0.25, -0.2) is 13.1 Å². The number of benzene rings is 2. The molecule has 0 aliphatic rings. The first-order chi connectivity index (χ1) is 12.4. The van der Waals surface area contributed by atoms with E-state index in [0.29, 0.717) is 17.2 Å². The van der Waals surface area contributed by atoms with E-state index in [9.17, 15) is 13.2 Å². The Bertz CT molecular complexity index is 864. The first-order valence-electron chi connectivity index (χ1n) is 7.94. The standard InChI is InChI=1S/C18H22N2O5S/c1-13-4-7-15(8-5-13)26(22,23)19-11-10-18(21)20-14-6-9-16(24-2)17(12-14)25-3/h4-9,12,19H,10-11H2,1-3H3,(H,20,21). The lowest BCUT2D eigenvalue weighted by Crippen LogP contribution is -2.27. The van der Waals surface area contributed by atoms with Crippen molar-refractivity contribution in [3.05, 3.63) is 48.0 Å². The molecule has 0 unspecified atom stereocenters. The Kier molecular flexibility index (Phi) is 6.59. The van der Waals surface area contributed by atoms with Crippen LogP contribution in [0.1, 0.15) is 12.0 Å². The van der Waals surface area contributed by atoms with Gasteiger partial charge in [-0.1, -0.05) is 17.7 Å². The Hall–Kier alpha value is -2.58. The number of rotatable bonds is 8. The molecular weight excluding hydrogens is 356 g/mol. The molecule has 1 amide bonds. The highest BCUT2D eigenvalue weighted by atomic mass is 32.2. The minimum absolute atomic E-state index is 0.000559. The Balaban J connectivity index is 1.90. The highest BCUT2D eigenvalue weighted by Crippen LogP contribution is 2.29. The molecule has 0 bridgehead atoms. The number of carbonyl (C=O) groups excluding carboxylic acids is 1. The minimum Gasteiger partial charge on any atom is -0.493 e. The fourth-order valence-electron chi connectivity index (χ4n) is 2.24. The first kappa shape index (κ1) is 19.7. The molecule has 2 aromatic rings. The fraction of sp³-hybridized carbons (Fsp3) is 0.278. The van der Waals surface area contributed by atoms with Gasteiger partial charge in [-0.05, 0) is 31.2 Å². The van der Waals surface area contributed by atoms with E-state index in [0.717, 1.165) is 5.56 Å². The van der Waals surface area contributed by atoms with Crippen molar-refractivity contribution in [2.45, 2.75) is 18.2 Å². The van der Waals surface area contributed by atoms with Crippen molar-refractivity contribution in [3.63, 3.8) is 0 Å². The Morgan fingerprint density at radius 2 is 1.65 bits per heavy atom. The van der Waals surface area contributed by atoms with Gasteiger partial charge in [-0.2, -0.15) is 0 Å². The zero-order valence-electron chi connectivity index (χ0n) is 14.9. The quantitative estimate of drug-likeness (QED) is 0.735. The van der Waals surface area contributed by atoms with E-state index >= 15 is 0 Å². The number of hydrogen-bond donors (Lipinski definition) is 2. The van der Waals surface area contributed by atoms with Crippen LogP contribution in [0, 0.1) is 6.92 Å². The van der Waals surface area contributed by atoms with E-state index in [1.165, 1.54) is 26.4 Å². The number of sulfonamides is 1. The maximum Gasteiger partial charge on any atom is 0.240 e. The molecule has 140 valence electrons. The normalized spacial score (nSPS) is 11.0. The zero-order valence-corrected chi connectivity index (χ0v) is 15.7. The predicted octanol–water partition coefficient (Wildman–Crippen LogP) is 2.32. The third-order valence-corrected chi connectivity index (χ3v) is 5.12.